The number of imide groups is 1. The van der Waals surface area contributed by atoms with E-state index in [1.165, 1.54) is 0 Å². The molecule has 1 N–H and O–H groups in total. The summed E-state index contributed by atoms with van der Waals surface area (Å²) in [7, 11) is 0. The number of ether oxygens (including phenoxy) is 1. The van der Waals surface area contributed by atoms with E-state index in [1.807, 2.05) is 39.0 Å². The van der Waals surface area contributed by atoms with Gasteiger partial charge < -0.3 is 10.1 Å². The lowest BCUT2D eigenvalue weighted by Gasteiger charge is -2.16. The van der Waals surface area contributed by atoms with Gasteiger partial charge in [0.1, 0.15) is 23.1 Å². The SMILES string of the molecule is CCOc1ccc(C2=C(Nc3cc(C)ccc3C)C(=O)N(c3ccc(F)cc3F)C2=O)cc1. The van der Waals surface area contributed by atoms with Crippen LogP contribution in [0.25, 0.3) is 5.57 Å². The van der Waals surface area contributed by atoms with Gasteiger partial charge in [0.2, 0.25) is 0 Å². The highest BCUT2D eigenvalue weighted by Crippen LogP contribution is 2.36. The summed E-state index contributed by atoms with van der Waals surface area (Å²) in [5.74, 6) is -2.62. The highest BCUT2D eigenvalue weighted by Gasteiger charge is 2.41. The Balaban J connectivity index is 1.84. The number of amides is 2. The minimum atomic E-state index is -1.00. The van der Waals surface area contributed by atoms with E-state index < -0.39 is 23.4 Å². The first-order valence-corrected chi connectivity index (χ1v) is 10.5. The second-order valence-corrected chi connectivity index (χ2v) is 7.69. The van der Waals surface area contributed by atoms with Gasteiger partial charge >= 0.3 is 0 Å². The number of benzene rings is 3. The van der Waals surface area contributed by atoms with Crippen molar-refractivity contribution in [2.24, 2.45) is 0 Å². The lowest BCUT2D eigenvalue weighted by Crippen LogP contribution is -2.33. The molecule has 33 heavy (non-hydrogen) atoms. The fourth-order valence-corrected chi connectivity index (χ4v) is 3.68. The zero-order valence-electron chi connectivity index (χ0n) is 18.4. The second kappa shape index (κ2) is 8.86. The van der Waals surface area contributed by atoms with Crippen LogP contribution in [0.5, 0.6) is 5.75 Å². The molecule has 0 atom stereocenters. The minimum Gasteiger partial charge on any atom is -0.494 e. The molecule has 1 aliphatic rings. The fraction of sp³-hybridized carbons (Fsp3) is 0.154. The molecule has 0 spiro atoms. The van der Waals surface area contributed by atoms with E-state index in [1.54, 1.807) is 24.3 Å². The van der Waals surface area contributed by atoms with Crippen molar-refractivity contribution in [2.45, 2.75) is 20.8 Å². The zero-order valence-corrected chi connectivity index (χ0v) is 18.4. The molecule has 3 aromatic rings. The number of halogens is 2. The monoisotopic (exact) mass is 448 g/mol. The predicted octanol–water partition coefficient (Wildman–Crippen LogP) is 5.38. The molecular formula is C26H22F2N2O3. The quantitative estimate of drug-likeness (QED) is 0.515. The van der Waals surface area contributed by atoms with Crippen LogP contribution >= 0.6 is 0 Å². The van der Waals surface area contributed by atoms with Gasteiger partial charge in [0.15, 0.2) is 0 Å². The number of nitrogens with one attached hydrogen (secondary N) is 1. The summed E-state index contributed by atoms with van der Waals surface area (Å²) in [6, 6.07) is 15.1. The molecule has 3 aromatic carbocycles. The molecular weight excluding hydrogens is 426 g/mol. The molecule has 0 unspecified atom stereocenters. The van der Waals surface area contributed by atoms with E-state index >= 15 is 0 Å². The average molecular weight is 448 g/mol. The van der Waals surface area contributed by atoms with Crippen LogP contribution in [0.2, 0.25) is 0 Å². The molecule has 1 aliphatic heterocycles. The van der Waals surface area contributed by atoms with E-state index in [0.717, 1.165) is 28.2 Å². The molecule has 2 amide bonds. The van der Waals surface area contributed by atoms with Crippen molar-refractivity contribution in [1.29, 1.82) is 0 Å². The number of aryl methyl sites for hydroxylation is 2. The predicted molar refractivity (Wildman–Crippen MR) is 123 cm³/mol. The molecule has 0 saturated carbocycles. The van der Waals surface area contributed by atoms with Crippen molar-refractivity contribution in [3.8, 4) is 5.75 Å². The van der Waals surface area contributed by atoms with Crippen LogP contribution in [-0.4, -0.2) is 18.4 Å². The highest BCUT2D eigenvalue weighted by molar-refractivity contribution is 6.46. The van der Waals surface area contributed by atoms with Gasteiger partial charge in [-0.15, -0.1) is 0 Å². The van der Waals surface area contributed by atoms with Crippen molar-refractivity contribution in [3.05, 3.63) is 94.7 Å². The third kappa shape index (κ3) is 4.22. The second-order valence-electron chi connectivity index (χ2n) is 7.69. The van der Waals surface area contributed by atoms with Crippen LogP contribution in [0.1, 0.15) is 23.6 Å². The van der Waals surface area contributed by atoms with Crippen molar-refractivity contribution >= 4 is 28.8 Å². The van der Waals surface area contributed by atoms with E-state index in [0.29, 0.717) is 29.7 Å². The molecule has 5 nitrogen and oxygen atoms in total. The number of carbonyl (C=O) groups excluding carboxylic acids is 2. The molecule has 7 heteroatoms. The molecule has 0 aromatic heterocycles. The van der Waals surface area contributed by atoms with Crippen molar-refractivity contribution in [1.82, 2.24) is 0 Å². The van der Waals surface area contributed by atoms with Crippen LogP contribution in [0.3, 0.4) is 0 Å². The van der Waals surface area contributed by atoms with Gasteiger partial charge in [-0.3, -0.25) is 9.59 Å². The highest BCUT2D eigenvalue weighted by atomic mass is 19.1. The molecule has 0 bridgehead atoms. The summed E-state index contributed by atoms with van der Waals surface area (Å²) >= 11 is 0. The summed E-state index contributed by atoms with van der Waals surface area (Å²) in [6.45, 7) is 6.12. The Morgan fingerprint density at radius 1 is 0.909 bits per heavy atom. The molecule has 4 rings (SSSR count). The Morgan fingerprint density at radius 3 is 2.30 bits per heavy atom. The molecule has 1 heterocycles. The van der Waals surface area contributed by atoms with Gasteiger partial charge in [0, 0.05) is 11.8 Å². The van der Waals surface area contributed by atoms with Crippen LogP contribution in [-0.2, 0) is 9.59 Å². The number of carbonyl (C=O) groups is 2. The van der Waals surface area contributed by atoms with E-state index in [2.05, 4.69) is 5.32 Å². The third-order valence-corrected chi connectivity index (χ3v) is 5.34. The van der Waals surface area contributed by atoms with Crippen molar-refractivity contribution in [2.75, 3.05) is 16.8 Å². The standard InChI is InChI=1S/C26H22F2N2O3/c1-4-33-19-10-7-17(8-11-19)23-24(29-21-13-15(2)5-6-16(21)3)26(32)30(25(23)31)22-12-9-18(27)14-20(22)28/h5-14,29H,4H2,1-3H3. The fourth-order valence-electron chi connectivity index (χ4n) is 3.68. The summed E-state index contributed by atoms with van der Waals surface area (Å²) in [4.78, 5) is 27.6. The van der Waals surface area contributed by atoms with E-state index in [4.69, 9.17) is 4.74 Å². The normalized spacial score (nSPS) is 13.7. The Kier molecular flexibility index (Phi) is 5.96. The number of rotatable bonds is 6. The smallest absolute Gasteiger partial charge is 0.282 e. The minimum absolute atomic E-state index is 0.0154. The topological polar surface area (TPSA) is 58.6 Å². The summed E-state index contributed by atoms with van der Waals surface area (Å²) in [6.07, 6.45) is 0. The molecule has 0 aliphatic carbocycles. The maximum Gasteiger partial charge on any atom is 0.282 e. The summed E-state index contributed by atoms with van der Waals surface area (Å²) in [5, 5.41) is 3.09. The number of hydrogen-bond acceptors (Lipinski definition) is 4. The molecule has 0 radical (unpaired) electrons. The average Bonchev–Trinajstić information content (AvgIpc) is 3.01. The maximum absolute atomic E-state index is 14.5. The van der Waals surface area contributed by atoms with Crippen molar-refractivity contribution < 1.29 is 23.1 Å². The third-order valence-electron chi connectivity index (χ3n) is 5.34. The van der Waals surface area contributed by atoms with Gasteiger partial charge in [-0.25, -0.2) is 13.7 Å². The Morgan fingerprint density at radius 2 is 1.64 bits per heavy atom. The summed E-state index contributed by atoms with van der Waals surface area (Å²) < 4.78 is 33.5. The van der Waals surface area contributed by atoms with Crippen LogP contribution in [0, 0.1) is 25.5 Å². The number of anilines is 2. The first-order valence-electron chi connectivity index (χ1n) is 10.5. The van der Waals surface area contributed by atoms with Gasteiger partial charge in [0.25, 0.3) is 11.8 Å². The maximum atomic E-state index is 14.5. The number of hydrogen-bond donors (Lipinski definition) is 1. The lowest BCUT2D eigenvalue weighted by atomic mass is 10.0. The van der Waals surface area contributed by atoms with Gasteiger partial charge in [0.05, 0.1) is 17.9 Å². The lowest BCUT2D eigenvalue weighted by molar-refractivity contribution is -0.120. The summed E-state index contributed by atoms with van der Waals surface area (Å²) in [5.41, 5.74) is 2.74. The van der Waals surface area contributed by atoms with Crippen LogP contribution < -0.4 is 15.0 Å². The molecule has 168 valence electrons. The Labute approximate surface area is 190 Å². The van der Waals surface area contributed by atoms with Crippen LogP contribution in [0.15, 0.2) is 66.4 Å². The first kappa shape index (κ1) is 22.2. The van der Waals surface area contributed by atoms with Gasteiger partial charge in [-0.05, 0) is 67.8 Å². The van der Waals surface area contributed by atoms with Gasteiger partial charge in [-0.1, -0.05) is 24.3 Å². The first-order chi connectivity index (χ1) is 15.8. The van der Waals surface area contributed by atoms with E-state index in [-0.39, 0.29) is 17.0 Å². The largest absolute Gasteiger partial charge is 0.494 e. The zero-order chi connectivity index (χ0) is 23.7. The Hall–Kier alpha value is -4.00. The molecule has 0 fully saturated rings. The van der Waals surface area contributed by atoms with Gasteiger partial charge in [-0.2, -0.15) is 0 Å². The number of nitrogens with zero attached hydrogens (tertiary/aromatic N) is 1. The van der Waals surface area contributed by atoms with E-state index in [9.17, 15) is 18.4 Å². The van der Waals surface area contributed by atoms with Crippen LogP contribution in [0.4, 0.5) is 20.2 Å². The van der Waals surface area contributed by atoms with Crippen molar-refractivity contribution in [3.63, 3.8) is 0 Å². The molecule has 0 saturated heterocycles. The Bertz CT molecular complexity index is 1280.